The van der Waals surface area contributed by atoms with Gasteiger partial charge in [-0.05, 0) is 24.6 Å². The minimum Gasteiger partial charge on any atom is -0.493 e. The van der Waals surface area contributed by atoms with Gasteiger partial charge in [0.15, 0.2) is 11.5 Å². The molecule has 1 aliphatic carbocycles. The molecule has 0 unspecified atom stereocenters. The first-order valence-corrected chi connectivity index (χ1v) is 11.0. The Bertz CT molecular complexity index is 1250. The van der Waals surface area contributed by atoms with Crippen LogP contribution in [-0.4, -0.2) is 58.2 Å². The molecule has 2 aromatic carbocycles. The molecule has 0 saturated carbocycles. The predicted octanol–water partition coefficient (Wildman–Crippen LogP) is 1.39. The fraction of sp³-hybridized carbons (Fsp3) is 0.360. The number of aliphatic hydroxyl groups is 3. The number of ketones is 1. The fourth-order valence-corrected chi connectivity index (χ4v) is 5.47. The Morgan fingerprint density at radius 1 is 0.971 bits per heavy atom. The Balaban J connectivity index is 1.84. The summed E-state index contributed by atoms with van der Waals surface area (Å²) in [5, 5.41) is 35.2. The zero-order chi connectivity index (χ0) is 24.5. The van der Waals surface area contributed by atoms with E-state index < -0.39 is 28.8 Å². The number of nitrogens with zero attached hydrogens (tertiary/aromatic N) is 1. The van der Waals surface area contributed by atoms with Gasteiger partial charge in [-0.2, -0.15) is 0 Å². The van der Waals surface area contributed by atoms with Gasteiger partial charge in [0.1, 0.15) is 5.76 Å². The minimum atomic E-state index is -2.80. The molecule has 34 heavy (non-hydrogen) atoms. The molecule has 0 aromatic heterocycles. The highest BCUT2D eigenvalue weighted by atomic mass is 16.6. The molecular formula is C25H25NO8. The van der Waals surface area contributed by atoms with E-state index in [0.717, 1.165) is 4.90 Å². The Kier molecular flexibility index (Phi) is 4.81. The topological polar surface area (TPSA) is 126 Å². The zero-order valence-electron chi connectivity index (χ0n) is 19.0. The standard InChI is InChI=1S/C25H25NO8/c1-4-5-12-26-22(28)20(27)19-21(14-10-11-17(32-2)18(13-14)33-3)34-25(31)16-9-7-6-8-15(16)24(29,30)23(19,25)26/h6-11,13,29-31H,4-5,12H2,1-3H3/t23-,25-/m1/s1. The summed E-state index contributed by atoms with van der Waals surface area (Å²) in [4.78, 5) is 27.7. The third-order valence-electron chi connectivity index (χ3n) is 6.95. The van der Waals surface area contributed by atoms with Gasteiger partial charge < -0.3 is 34.4 Å². The van der Waals surface area contributed by atoms with Crippen LogP contribution in [0.3, 0.4) is 0 Å². The number of hydrogen-bond donors (Lipinski definition) is 3. The van der Waals surface area contributed by atoms with E-state index in [9.17, 15) is 24.9 Å². The highest BCUT2D eigenvalue weighted by molar-refractivity contribution is 6.48. The average molecular weight is 467 g/mol. The largest absolute Gasteiger partial charge is 0.493 e. The summed E-state index contributed by atoms with van der Waals surface area (Å²) < 4.78 is 16.7. The lowest BCUT2D eigenvalue weighted by atomic mass is 9.78. The van der Waals surface area contributed by atoms with Gasteiger partial charge in [-0.15, -0.1) is 0 Å². The van der Waals surface area contributed by atoms with E-state index in [1.807, 2.05) is 6.92 Å². The smallest absolute Gasteiger partial charge is 0.296 e. The van der Waals surface area contributed by atoms with E-state index in [1.54, 1.807) is 24.3 Å². The summed E-state index contributed by atoms with van der Waals surface area (Å²) in [6, 6.07) is 10.8. The van der Waals surface area contributed by atoms with Crippen LogP contribution in [0.1, 0.15) is 36.5 Å². The molecule has 1 spiro atoms. The lowest BCUT2D eigenvalue weighted by molar-refractivity contribution is -0.312. The van der Waals surface area contributed by atoms with Crippen LogP contribution in [0.5, 0.6) is 11.5 Å². The maximum atomic E-state index is 13.4. The molecule has 9 nitrogen and oxygen atoms in total. The summed E-state index contributed by atoms with van der Waals surface area (Å²) in [6.45, 7) is 1.92. The summed E-state index contributed by atoms with van der Waals surface area (Å²) in [5.41, 5.74) is -2.25. The summed E-state index contributed by atoms with van der Waals surface area (Å²) in [5.74, 6) is -6.48. The van der Waals surface area contributed by atoms with Crippen LogP contribution in [-0.2, 0) is 25.9 Å². The molecule has 1 amide bonds. The Morgan fingerprint density at radius 3 is 2.29 bits per heavy atom. The second kappa shape index (κ2) is 7.30. The van der Waals surface area contributed by atoms with Crippen LogP contribution in [0, 0.1) is 0 Å². The van der Waals surface area contributed by atoms with Crippen molar-refractivity contribution >= 4 is 17.4 Å². The Hall–Kier alpha value is -3.40. The fourth-order valence-electron chi connectivity index (χ4n) is 5.47. The van der Waals surface area contributed by atoms with Gasteiger partial charge in [0.05, 0.1) is 19.8 Å². The quantitative estimate of drug-likeness (QED) is 0.430. The van der Waals surface area contributed by atoms with E-state index in [0.29, 0.717) is 29.9 Å². The lowest BCUT2D eigenvalue weighted by Crippen LogP contribution is -2.66. The first-order valence-electron chi connectivity index (χ1n) is 11.0. The maximum absolute atomic E-state index is 13.4. The van der Waals surface area contributed by atoms with E-state index >= 15 is 0 Å². The predicted molar refractivity (Wildman–Crippen MR) is 118 cm³/mol. The van der Waals surface area contributed by atoms with Crippen LogP contribution in [0.2, 0.25) is 0 Å². The van der Waals surface area contributed by atoms with Crippen LogP contribution >= 0.6 is 0 Å². The molecule has 2 aromatic rings. The van der Waals surface area contributed by atoms with E-state index in [1.165, 1.54) is 32.4 Å². The summed E-state index contributed by atoms with van der Waals surface area (Å²) >= 11 is 0. The van der Waals surface area contributed by atoms with Crippen molar-refractivity contribution in [3.8, 4) is 11.5 Å². The average Bonchev–Trinajstić information content (AvgIpc) is 3.31. The van der Waals surface area contributed by atoms with Gasteiger partial charge in [-0.25, -0.2) is 0 Å². The third kappa shape index (κ3) is 2.38. The molecular weight excluding hydrogens is 442 g/mol. The number of methoxy groups -OCH3 is 2. The molecule has 0 radical (unpaired) electrons. The van der Waals surface area contributed by atoms with Crippen molar-refractivity contribution in [2.24, 2.45) is 0 Å². The number of rotatable bonds is 6. The minimum absolute atomic E-state index is 0.0202. The molecule has 3 N–H and O–H groups in total. The van der Waals surface area contributed by atoms with Crippen LogP contribution in [0.4, 0.5) is 0 Å². The number of Topliss-reactive ketones (excluding diaryl/α,β-unsaturated/α-hetero) is 1. The van der Waals surface area contributed by atoms with Crippen molar-refractivity contribution in [1.29, 1.82) is 0 Å². The van der Waals surface area contributed by atoms with Crippen LogP contribution in [0.15, 0.2) is 48.0 Å². The molecule has 9 heteroatoms. The van der Waals surface area contributed by atoms with Gasteiger partial charge >= 0.3 is 0 Å². The molecule has 3 aliphatic rings. The lowest BCUT2D eigenvalue weighted by Gasteiger charge is -2.45. The number of carbonyl (C=O) groups is 2. The number of fused-ring (bicyclic) bond motifs is 2. The number of unbranched alkanes of at least 4 members (excludes halogenated alkanes) is 1. The van der Waals surface area contributed by atoms with Crippen molar-refractivity contribution in [3.05, 3.63) is 64.7 Å². The molecule has 1 fully saturated rings. The van der Waals surface area contributed by atoms with Crippen molar-refractivity contribution in [1.82, 2.24) is 4.90 Å². The van der Waals surface area contributed by atoms with E-state index in [-0.39, 0.29) is 29.0 Å². The first-order chi connectivity index (χ1) is 16.2. The Morgan fingerprint density at radius 2 is 1.65 bits per heavy atom. The highest BCUT2D eigenvalue weighted by Gasteiger charge is 2.85. The molecule has 5 rings (SSSR count). The number of benzene rings is 2. The summed E-state index contributed by atoms with van der Waals surface area (Å²) in [6.07, 6.45) is 1.15. The molecule has 2 heterocycles. The van der Waals surface area contributed by atoms with Crippen molar-refractivity contribution in [2.45, 2.75) is 36.9 Å². The highest BCUT2D eigenvalue weighted by Crippen LogP contribution is 2.67. The maximum Gasteiger partial charge on any atom is 0.296 e. The van der Waals surface area contributed by atoms with Crippen LogP contribution in [0.25, 0.3) is 5.76 Å². The number of likely N-dealkylation sites (tertiary alicyclic amines) is 1. The van der Waals surface area contributed by atoms with Crippen LogP contribution < -0.4 is 9.47 Å². The number of carbonyl (C=O) groups excluding carboxylic acids is 2. The van der Waals surface area contributed by atoms with E-state index in [4.69, 9.17) is 14.2 Å². The van der Waals surface area contributed by atoms with Gasteiger partial charge in [0.25, 0.3) is 17.5 Å². The van der Waals surface area contributed by atoms with E-state index in [2.05, 4.69) is 0 Å². The van der Waals surface area contributed by atoms with Gasteiger partial charge in [0, 0.05) is 23.2 Å². The molecule has 0 bridgehead atoms. The van der Waals surface area contributed by atoms with Gasteiger partial charge in [-0.1, -0.05) is 37.6 Å². The SMILES string of the molecule is CCCCN1C(=O)C(=O)C2=C(c3ccc(OC)c(OC)c3)O[C@]3(O)c4ccccc4C(O)(O)[C@@]213. The molecule has 2 aliphatic heterocycles. The number of hydrogen-bond acceptors (Lipinski definition) is 8. The third-order valence-corrected chi connectivity index (χ3v) is 6.95. The molecule has 2 atom stereocenters. The molecule has 178 valence electrons. The zero-order valence-corrected chi connectivity index (χ0v) is 19.0. The van der Waals surface area contributed by atoms with Gasteiger partial charge in [-0.3, -0.25) is 9.59 Å². The normalized spacial score (nSPS) is 26.4. The van der Waals surface area contributed by atoms with Crippen molar-refractivity contribution < 1.29 is 39.1 Å². The first kappa shape index (κ1) is 22.4. The summed E-state index contributed by atoms with van der Waals surface area (Å²) in [7, 11) is 2.92. The monoisotopic (exact) mass is 467 g/mol. The van der Waals surface area contributed by atoms with Gasteiger partial charge in [0.2, 0.25) is 11.3 Å². The van der Waals surface area contributed by atoms with Crippen molar-refractivity contribution in [3.63, 3.8) is 0 Å². The number of ether oxygens (including phenoxy) is 3. The second-order valence-electron chi connectivity index (χ2n) is 8.59. The van der Waals surface area contributed by atoms with Crippen molar-refractivity contribution in [2.75, 3.05) is 20.8 Å². The molecule has 1 saturated heterocycles. The second-order valence-corrected chi connectivity index (χ2v) is 8.59. The Labute approximate surface area is 195 Å². The number of amides is 1.